The first-order valence-electron chi connectivity index (χ1n) is 8.93. The highest BCUT2D eigenvalue weighted by atomic mass is 19.2. The molecule has 1 aromatic carbocycles. The Labute approximate surface area is 136 Å². The van der Waals surface area contributed by atoms with Gasteiger partial charge in [-0.05, 0) is 24.7 Å². The third kappa shape index (κ3) is 3.56. The maximum absolute atomic E-state index is 13.3. The monoisotopic (exact) mass is 320 g/mol. The molecule has 0 bridgehead atoms. The van der Waals surface area contributed by atoms with E-state index in [1.54, 1.807) is 0 Å². The van der Waals surface area contributed by atoms with Crippen LogP contribution < -0.4 is 0 Å². The number of hydrogen-bond acceptors (Lipinski definition) is 1. The number of hydrogen-bond donors (Lipinski definition) is 1. The summed E-state index contributed by atoms with van der Waals surface area (Å²) in [5.74, 6) is 1.01. The topological polar surface area (TPSA) is 28.7 Å². The molecule has 0 aliphatic heterocycles. The molecule has 1 aromatic heterocycles. The summed E-state index contributed by atoms with van der Waals surface area (Å²) < 4.78 is 26.7. The molecule has 0 amide bonds. The fourth-order valence-electron chi connectivity index (χ4n) is 3.93. The van der Waals surface area contributed by atoms with Crippen LogP contribution in [0.1, 0.15) is 70.5 Å². The van der Waals surface area contributed by atoms with Crippen molar-refractivity contribution in [2.75, 3.05) is 0 Å². The summed E-state index contributed by atoms with van der Waals surface area (Å²) in [6, 6.07) is 2.38. The molecule has 1 heterocycles. The molecule has 1 saturated carbocycles. The second kappa shape index (κ2) is 6.98. The largest absolute Gasteiger partial charge is 0.342 e. The number of aromatic nitrogens is 2. The molecule has 1 N–H and O–H groups in total. The summed E-state index contributed by atoms with van der Waals surface area (Å²) in [7, 11) is 0. The summed E-state index contributed by atoms with van der Waals surface area (Å²) in [5, 5.41) is 0. The van der Waals surface area contributed by atoms with Crippen LogP contribution in [0.3, 0.4) is 0 Å². The van der Waals surface area contributed by atoms with Crippen LogP contribution in [-0.2, 0) is 0 Å². The molecule has 1 atom stereocenters. The number of fused-ring (bicyclic) bond motifs is 1. The molecule has 2 nitrogen and oxygen atoms in total. The zero-order chi connectivity index (χ0) is 16.4. The first kappa shape index (κ1) is 16.4. The van der Waals surface area contributed by atoms with Crippen molar-refractivity contribution in [3.05, 3.63) is 29.6 Å². The van der Waals surface area contributed by atoms with Crippen molar-refractivity contribution < 1.29 is 8.78 Å². The van der Waals surface area contributed by atoms with Crippen molar-refractivity contribution in [3.63, 3.8) is 0 Å². The molecule has 4 heteroatoms. The van der Waals surface area contributed by atoms with Crippen LogP contribution >= 0.6 is 0 Å². The number of rotatable bonds is 5. The fraction of sp³-hybridized carbons (Fsp3) is 0.632. The van der Waals surface area contributed by atoms with Crippen LogP contribution in [-0.4, -0.2) is 9.97 Å². The van der Waals surface area contributed by atoms with Crippen LogP contribution in [0, 0.1) is 23.5 Å². The van der Waals surface area contributed by atoms with E-state index in [0.717, 1.165) is 11.7 Å². The van der Waals surface area contributed by atoms with Gasteiger partial charge in [-0.2, -0.15) is 0 Å². The van der Waals surface area contributed by atoms with Gasteiger partial charge in [0.15, 0.2) is 11.6 Å². The Morgan fingerprint density at radius 1 is 1.17 bits per heavy atom. The van der Waals surface area contributed by atoms with E-state index in [-0.39, 0.29) is 0 Å². The van der Waals surface area contributed by atoms with E-state index in [1.165, 1.54) is 57.1 Å². The number of nitrogens with one attached hydrogen (secondary N) is 1. The molecule has 0 radical (unpaired) electrons. The third-order valence-corrected chi connectivity index (χ3v) is 5.54. The van der Waals surface area contributed by atoms with Crippen molar-refractivity contribution in [1.82, 2.24) is 9.97 Å². The van der Waals surface area contributed by atoms with Gasteiger partial charge in [-0.15, -0.1) is 0 Å². The van der Waals surface area contributed by atoms with Crippen LogP contribution in [0.15, 0.2) is 12.1 Å². The number of aromatic amines is 1. The molecular formula is C19H26F2N2. The molecule has 1 aliphatic rings. The lowest BCUT2D eigenvalue weighted by Gasteiger charge is -2.31. The van der Waals surface area contributed by atoms with E-state index in [4.69, 9.17) is 0 Å². The van der Waals surface area contributed by atoms with Crippen molar-refractivity contribution in [2.24, 2.45) is 11.8 Å². The molecule has 23 heavy (non-hydrogen) atoms. The van der Waals surface area contributed by atoms with Gasteiger partial charge in [0, 0.05) is 18.1 Å². The molecule has 0 saturated heterocycles. The van der Waals surface area contributed by atoms with Crippen LogP contribution in [0.2, 0.25) is 0 Å². The zero-order valence-electron chi connectivity index (χ0n) is 14.0. The van der Waals surface area contributed by atoms with Gasteiger partial charge in [-0.25, -0.2) is 13.8 Å². The van der Waals surface area contributed by atoms with Gasteiger partial charge in [-0.1, -0.05) is 46.0 Å². The van der Waals surface area contributed by atoms with Crippen LogP contribution in [0.5, 0.6) is 0 Å². The highest BCUT2D eigenvalue weighted by molar-refractivity contribution is 5.75. The third-order valence-electron chi connectivity index (χ3n) is 5.54. The fourth-order valence-corrected chi connectivity index (χ4v) is 3.93. The lowest BCUT2D eigenvalue weighted by Crippen LogP contribution is -2.19. The van der Waals surface area contributed by atoms with Gasteiger partial charge < -0.3 is 4.98 Å². The number of nitrogens with zero attached hydrogens (tertiary/aromatic N) is 1. The van der Waals surface area contributed by atoms with Gasteiger partial charge in [0.2, 0.25) is 0 Å². The van der Waals surface area contributed by atoms with E-state index in [0.29, 0.717) is 22.9 Å². The summed E-state index contributed by atoms with van der Waals surface area (Å²) in [6.45, 7) is 4.43. The Hall–Kier alpha value is -1.45. The Balaban J connectivity index is 1.68. The summed E-state index contributed by atoms with van der Waals surface area (Å²) in [5.41, 5.74) is 1.10. The second-order valence-corrected chi connectivity index (χ2v) is 7.12. The first-order chi connectivity index (χ1) is 11.1. The number of benzene rings is 1. The highest BCUT2D eigenvalue weighted by Gasteiger charge is 2.27. The molecule has 126 valence electrons. The maximum atomic E-state index is 13.3. The van der Waals surface area contributed by atoms with Gasteiger partial charge in [-0.3, -0.25) is 0 Å². The zero-order valence-corrected chi connectivity index (χ0v) is 14.0. The summed E-state index contributed by atoms with van der Waals surface area (Å²) in [4.78, 5) is 7.68. The number of halogens is 2. The molecule has 1 unspecified atom stereocenters. The number of unbranched alkanes of at least 4 members (excludes halogenated alkanes) is 1. The van der Waals surface area contributed by atoms with Gasteiger partial charge in [0.25, 0.3) is 0 Å². The predicted octanol–water partition coefficient (Wildman–Crippen LogP) is 5.94. The van der Waals surface area contributed by atoms with E-state index >= 15 is 0 Å². The lowest BCUT2D eigenvalue weighted by molar-refractivity contribution is 0.234. The molecule has 1 fully saturated rings. The van der Waals surface area contributed by atoms with Crippen molar-refractivity contribution in [3.8, 4) is 0 Å². The van der Waals surface area contributed by atoms with Gasteiger partial charge >= 0.3 is 0 Å². The van der Waals surface area contributed by atoms with Crippen molar-refractivity contribution in [2.45, 2.75) is 64.7 Å². The smallest absolute Gasteiger partial charge is 0.161 e. The quantitative estimate of drug-likeness (QED) is 0.725. The SMILES string of the molecule is CCCCC1CCC(C(C)c2nc3cc(F)c(F)cc3[nH]2)CC1. The van der Waals surface area contributed by atoms with Gasteiger partial charge in [0.1, 0.15) is 5.82 Å². The Bertz CT molecular complexity index is 618. The van der Waals surface area contributed by atoms with Crippen LogP contribution in [0.4, 0.5) is 8.78 Å². The highest BCUT2D eigenvalue weighted by Crippen LogP contribution is 2.39. The Morgan fingerprint density at radius 2 is 1.87 bits per heavy atom. The molecular weight excluding hydrogens is 294 g/mol. The predicted molar refractivity (Wildman–Crippen MR) is 89.4 cm³/mol. The Kier molecular flexibility index (Phi) is 4.98. The van der Waals surface area contributed by atoms with Crippen molar-refractivity contribution in [1.29, 1.82) is 0 Å². The van der Waals surface area contributed by atoms with E-state index in [1.807, 2.05) is 0 Å². The average molecular weight is 320 g/mol. The molecule has 0 spiro atoms. The minimum absolute atomic E-state index is 0.306. The minimum atomic E-state index is -0.834. The van der Waals surface area contributed by atoms with E-state index in [2.05, 4.69) is 23.8 Å². The van der Waals surface area contributed by atoms with E-state index < -0.39 is 11.6 Å². The molecule has 1 aliphatic carbocycles. The molecule has 2 aromatic rings. The van der Waals surface area contributed by atoms with Gasteiger partial charge in [0.05, 0.1) is 11.0 Å². The minimum Gasteiger partial charge on any atom is -0.342 e. The van der Waals surface area contributed by atoms with Crippen molar-refractivity contribution >= 4 is 11.0 Å². The van der Waals surface area contributed by atoms with E-state index in [9.17, 15) is 8.78 Å². The number of H-pyrrole nitrogens is 1. The van der Waals surface area contributed by atoms with Crippen LogP contribution in [0.25, 0.3) is 11.0 Å². The standard InChI is InChI=1S/C19H26F2N2/c1-3-4-5-13-6-8-14(9-7-13)12(2)19-22-17-10-15(20)16(21)11-18(17)23-19/h10-14H,3-9H2,1-2H3,(H,22,23). The second-order valence-electron chi connectivity index (χ2n) is 7.12. The molecule has 3 rings (SSSR count). The summed E-state index contributed by atoms with van der Waals surface area (Å²) in [6.07, 6.45) is 9.05. The summed E-state index contributed by atoms with van der Waals surface area (Å²) >= 11 is 0. The first-order valence-corrected chi connectivity index (χ1v) is 8.93. The maximum Gasteiger partial charge on any atom is 0.161 e. The normalized spacial score (nSPS) is 23.3. The Morgan fingerprint density at radius 3 is 2.57 bits per heavy atom. The average Bonchev–Trinajstić information content (AvgIpc) is 2.96. The lowest BCUT2D eigenvalue weighted by atomic mass is 9.75. The number of imidazole rings is 1.